The number of fused-ring (bicyclic) bond motifs is 1. The maximum absolute atomic E-state index is 13.8. The van der Waals surface area contributed by atoms with E-state index in [0.717, 1.165) is 17.7 Å². The average molecular weight is 364 g/mol. The van der Waals surface area contributed by atoms with E-state index in [0.29, 0.717) is 3.97 Å². The van der Waals surface area contributed by atoms with E-state index in [-0.39, 0.29) is 21.7 Å². The van der Waals surface area contributed by atoms with Crippen LogP contribution >= 0.6 is 0 Å². The fourth-order valence-corrected chi connectivity index (χ4v) is 3.91. The summed E-state index contributed by atoms with van der Waals surface area (Å²) in [5, 5.41) is 9.49. The van der Waals surface area contributed by atoms with Crippen LogP contribution in [0.5, 0.6) is 5.75 Å². The Hall–Kier alpha value is -2.94. The predicted molar refractivity (Wildman–Crippen MR) is 87.0 cm³/mol. The zero-order valence-electron chi connectivity index (χ0n) is 13.2. The van der Waals surface area contributed by atoms with E-state index in [9.17, 15) is 22.7 Å². The number of hydrogen-bond acceptors (Lipinski definition) is 5. The van der Waals surface area contributed by atoms with Gasteiger partial charge in [-0.2, -0.15) is 4.39 Å². The Morgan fingerprint density at radius 2 is 1.88 bits per heavy atom. The van der Waals surface area contributed by atoms with Gasteiger partial charge in [-0.05, 0) is 25.1 Å². The first kappa shape index (κ1) is 16.9. The molecule has 1 aromatic carbocycles. The quantitative estimate of drug-likeness (QED) is 0.714. The van der Waals surface area contributed by atoms with Crippen LogP contribution in [0.3, 0.4) is 0 Å². The molecular formula is C16H13FN2O5S. The predicted octanol–water partition coefficient (Wildman–Crippen LogP) is 2.43. The molecule has 130 valence electrons. The number of ether oxygens (including phenoxy) is 1. The Balaban J connectivity index is 2.41. The lowest BCUT2D eigenvalue weighted by Gasteiger charge is -2.10. The van der Waals surface area contributed by atoms with Crippen molar-refractivity contribution in [1.29, 1.82) is 0 Å². The molecule has 2 aromatic heterocycles. The highest BCUT2D eigenvalue weighted by atomic mass is 32.2. The van der Waals surface area contributed by atoms with Gasteiger partial charge in [-0.3, -0.25) is 0 Å². The number of carbonyl (C=O) groups is 1. The van der Waals surface area contributed by atoms with Crippen LogP contribution in [0.2, 0.25) is 0 Å². The summed E-state index contributed by atoms with van der Waals surface area (Å²) in [6.45, 7) is 1.78. The van der Waals surface area contributed by atoms with Crippen molar-refractivity contribution in [1.82, 2.24) is 8.96 Å². The molecule has 3 rings (SSSR count). The van der Waals surface area contributed by atoms with Crippen molar-refractivity contribution in [2.75, 3.05) is 7.11 Å². The summed E-state index contributed by atoms with van der Waals surface area (Å²) in [6.07, 6.45) is 0. The van der Waals surface area contributed by atoms with Crippen LogP contribution in [-0.2, 0) is 10.0 Å². The molecular weight excluding hydrogens is 351 g/mol. The Morgan fingerprint density at radius 1 is 1.24 bits per heavy atom. The van der Waals surface area contributed by atoms with Crippen molar-refractivity contribution >= 4 is 27.0 Å². The van der Waals surface area contributed by atoms with Crippen LogP contribution in [0.15, 0.2) is 41.3 Å². The molecule has 0 saturated heterocycles. The number of nitrogens with zero attached hydrogens (tertiary/aromatic N) is 2. The number of carboxylic acids is 1. The van der Waals surface area contributed by atoms with Crippen molar-refractivity contribution < 1.29 is 27.4 Å². The molecule has 0 aliphatic rings. The fourth-order valence-electron chi connectivity index (χ4n) is 2.47. The summed E-state index contributed by atoms with van der Waals surface area (Å²) in [5.74, 6) is -2.49. The van der Waals surface area contributed by atoms with Crippen molar-refractivity contribution in [3.05, 3.63) is 53.6 Å². The van der Waals surface area contributed by atoms with E-state index in [2.05, 4.69) is 4.98 Å². The van der Waals surface area contributed by atoms with Gasteiger partial charge in [0, 0.05) is 6.07 Å². The molecule has 3 aromatic rings. The Morgan fingerprint density at radius 3 is 2.44 bits per heavy atom. The molecule has 0 aliphatic heterocycles. The monoisotopic (exact) mass is 364 g/mol. The van der Waals surface area contributed by atoms with Crippen molar-refractivity contribution in [2.45, 2.75) is 11.8 Å². The van der Waals surface area contributed by atoms with Gasteiger partial charge in [0.2, 0.25) is 5.95 Å². The zero-order chi connectivity index (χ0) is 18.4. The van der Waals surface area contributed by atoms with Crippen LogP contribution in [0.4, 0.5) is 4.39 Å². The van der Waals surface area contributed by atoms with Gasteiger partial charge in [0.25, 0.3) is 10.0 Å². The Labute approximate surface area is 142 Å². The Kier molecular flexibility index (Phi) is 3.96. The van der Waals surface area contributed by atoms with Gasteiger partial charge in [0.15, 0.2) is 5.65 Å². The van der Waals surface area contributed by atoms with Gasteiger partial charge in [0.05, 0.1) is 17.4 Å². The van der Waals surface area contributed by atoms with Crippen molar-refractivity contribution in [3.8, 4) is 5.75 Å². The number of aromatic nitrogens is 2. The van der Waals surface area contributed by atoms with Crippen molar-refractivity contribution in [2.24, 2.45) is 0 Å². The molecule has 0 spiro atoms. The van der Waals surface area contributed by atoms with Gasteiger partial charge in [0.1, 0.15) is 11.4 Å². The highest BCUT2D eigenvalue weighted by molar-refractivity contribution is 7.90. The van der Waals surface area contributed by atoms with Crippen LogP contribution in [-0.4, -0.2) is 35.6 Å². The summed E-state index contributed by atoms with van der Waals surface area (Å²) in [4.78, 5) is 15.0. The SMILES string of the molecule is COc1cc(F)nc2c1cc(C(=O)O)n2S(=O)(=O)c1ccc(C)cc1. The van der Waals surface area contributed by atoms with Gasteiger partial charge in [-0.1, -0.05) is 17.7 Å². The van der Waals surface area contributed by atoms with Gasteiger partial charge in [-0.15, -0.1) is 0 Å². The molecule has 0 fully saturated rings. The molecule has 25 heavy (non-hydrogen) atoms. The first-order valence-electron chi connectivity index (χ1n) is 7.07. The molecule has 0 bridgehead atoms. The number of benzene rings is 1. The third-order valence-corrected chi connectivity index (χ3v) is 5.38. The topological polar surface area (TPSA) is 98.5 Å². The van der Waals surface area contributed by atoms with Crippen molar-refractivity contribution in [3.63, 3.8) is 0 Å². The minimum atomic E-state index is -4.31. The first-order chi connectivity index (χ1) is 11.8. The third-order valence-electron chi connectivity index (χ3n) is 3.66. The highest BCUT2D eigenvalue weighted by Gasteiger charge is 2.28. The summed E-state index contributed by atoms with van der Waals surface area (Å²) in [7, 11) is -3.04. The second kappa shape index (κ2) is 5.85. The molecule has 0 atom stereocenters. The normalized spacial score (nSPS) is 11.6. The second-order valence-electron chi connectivity index (χ2n) is 5.30. The minimum absolute atomic E-state index is 0.0112. The number of halogens is 1. The van der Waals surface area contributed by atoms with E-state index in [1.165, 1.54) is 19.2 Å². The average Bonchev–Trinajstić information content (AvgIpc) is 2.94. The number of aryl methyl sites for hydroxylation is 1. The molecule has 1 N–H and O–H groups in total. The molecule has 2 heterocycles. The Bertz CT molecular complexity index is 1090. The number of hydrogen-bond donors (Lipinski definition) is 1. The van der Waals surface area contributed by atoms with E-state index in [1.54, 1.807) is 19.1 Å². The smallest absolute Gasteiger partial charge is 0.353 e. The number of pyridine rings is 1. The van der Waals surface area contributed by atoms with Crippen LogP contribution in [0.25, 0.3) is 11.0 Å². The summed E-state index contributed by atoms with van der Waals surface area (Å²) < 4.78 is 45.2. The maximum atomic E-state index is 13.8. The zero-order valence-corrected chi connectivity index (χ0v) is 14.0. The largest absolute Gasteiger partial charge is 0.496 e. The van der Waals surface area contributed by atoms with E-state index >= 15 is 0 Å². The number of rotatable bonds is 4. The van der Waals surface area contributed by atoms with E-state index in [4.69, 9.17) is 4.74 Å². The number of carboxylic acid groups (broad SMARTS) is 1. The maximum Gasteiger partial charge on any atom is 0.353 e. The molecule has 0 amide bonds. The van der Waals surface area contributed by atoms with Crippen LogP contribution in [0.1, 0.15) is 16.1 Å². The van der Waals surface area contributed by atoms with E-state index in [1.807, 2.05) is 0 Å². The molecule has 0 radical (unpaired) electrons. The molecule has 0 unspecified atom stereocenters. The molecule has 0 aliphatic carbocycles. The van der Waals surface area contributed by atoms with Crippen LogP contribution in [0, 0.1) is 12.9 Å². The third kappa shape index (κ3) is 2.72. The lowest BCUT2D eigenvalue weighted by Crippen LogP contribution is -2.19. The lowest BCUT2D eigenvalue weighted by molar-refractivity contribution is 0.0689. The lowest BCUT2D eigenvalue weighted by atomic mass is 10.2. The molecule has 0 saturated carbocycles. The van der Waals surface area contributed by atoms with Gasteiger partial charge >= 0.3 is 5.97 Å². The molecule has 7 nitrogen and oxygen atoms in total. The number of methoxy groups -OCH3 is 1. The minimum Gasteiger partial charge on any atom is -0.496 e. The standard InChI is InChI=1S/C16H13FN2O5S/c1-9-3-5-10(6-4-9)25(22,23)19-12(16(20)21)7-11-13(24-2)8-14(17)18-15(11)19/h3-8H,1-2H3,(H,20,21). The number of aromatic carboxylic acids is 1. The highest BCUT2D eigenvalue weighted by Crippen LogP contribution is 2.31. The first-order valence-corrected chi connectivity index (χ1v) is 8.51. The fraction of sp³-hybridized carbons (Fsp3) is 0.125. The van der Waals surface area contributed by atoms with Gasteiger partial charge < -0.3 is 9.84 Å². The molecule has 9 heteroatoms. The van der Waals surface area contributed by atoms with Crippen LogP contribution < -0.4 is 4.74 Å². The summed E-state index contributed by atoms with van der Waals surface area (Å²) in [6, 6.07) is 7.89. The summed E-state index contributed by atoms with van der Waals surface area (Å²) >= 11 is 0. The van der Waals surface area contributed by atoms with Gasteiger partial charge in [-0.25, -0.2) is 22.2 Å². The van der Waals surface area contributed by atoms with E-state index < -0.39 is 27.6 Å². The summed E-state index contributed by atoms with van der Waals surface area (Å²) in [5.41, 5.74) is -0.0811. The second-order valence-corrected chi connectivity index (χ2v) is 7.09.